The van der Waals surface area contributed by atoms with Crippen LogP contribution in [0.4, 0.5) is 13.2 Å². The zero-order valence-corrected chi connectivity index (χ0v) is 20.7. The van der Waals surface area contributed by atoms with Crippen molar-refractivity contribution in [2.24, 2.45) is 9.50 Å². The fourth-order valence-electron chi connectivity index (χ4n) is 3.61. The zero-order valence-electron chi connectivity index (χ0n) is 18.3. The molecular weight excluding hydrogens is 519 g/mol. The van der Waals surface area contributed by atoms with Crippen molar-refractivity contribution in [2.45, 2.75) is 17.0 Å². The molecule has 0 saturated heterocycles. The molecule has 0 spiro atoms. The number of hydrogen-bond acceptors (Lipinski definition) is 4. The molecule has 0 radical (unpaired) electrons. The van der Waals surface area contributed by atoms with Gasteiger partial charge in [-0.3, -0.25) is 0 Å². The third-order valence-corrected chi connectivity index (χ3v) is 7.65. The van der Waals surface area contributed by atoms with Crippen LogP contribution in [-0.4, -0.2) is 37.1 Å². The first-order valence-corrected chi connectivity index (χ1v) is 13.4. The van der Waals surface area contributed by atoms with Crippen LogP contribution in [0.15, 0.2) is 93.3 Å². The highest BCUT2D eigenvalue weighted by Crippen LogP contribution is 2.32. The van der Waals surface area contributed by atoms with Crippen molar-refractivity contribution >= 4 is 44.3 Å². The molecule has 3 aromatic rings. The van der Waals surface area contributed by atoms with Gasteiger partial charge < -0.3 is 0 Å². The van der Waals surface area contributed by atoms with Gasteiger partial charge >= 0.3 is 6.18 Å². The van der Waals surface area contributed by atoms with Gasteiger partial charge in [0.25, 0.3) is 10.0 Å². The summed E-state index contributed by atoms with van der Waals surface area (Å²) in [5.74, 6) is -0.163. The van der Waals surface area contributed by atoms with Crippen molar-refractivity contribution < 1.29 is 21.6 Å². The fraction of sp³-hybridized carbons (Fsp3) is 0.167. The van der Waals surface area contributed by atoms with Crippen molar-refractivity contribution in [3.8, 4) is 0 Å². The van der Waals surface area contributed by atoms with E-state index in [1.165, 1.54) is 5.01 Å². The van der Waals surface area contributed by atoms with E-state index in [9.17, 15) is 21.6 Å². The van der Waals surface area contributed by atoms with Gasteiger partial charge in [-0.25, -0.2) is 5.01 Å². The molecule has 1 aliphatic rings. The second-order valence-corrected chi connectivity index (χ2v) is 10.4. The number of hydrogen-bond donors (Lipinski definition) is 0. The van der Waals surface area contributed by atoms with Gasteiger partial charge in [0.1, 0.15) is 0 Å². The lowest BCUT2D eigenvalue weighted by molar-refractivity contribution is -0.137. The molecule has 5 nitrogen and oxygen atoms in total. The first-order valence-electron chi connectivity index (χ1n) is 10.3. The monoisotopic (exact) mass is 537 g/mol. The van der Waals surface area contributed by atoms with Crippen molar-refractivity contribution in [3.05, 3.63) is 101 Å². The van der Waals surface area contributed by atoms with E-state index in [4.69, 9.17) is 11.6 Å². The van der Waals surface area contributed by atoms with E-state index in [1.807, 2.05) is 42.5 Å². The predicted octanol–water partition coefficient (Wildman–Crippen LogP) is 6.27. The molecule has 1 atom stereocenters. The summed E-state index contributed by atoms with van der Waals surface area (Å²) in [6, 6.07) is 20.1. The number of thioether (sulfide) groups is 1. The fourth-order valence-corrected chi connectivity index (χ4v) is 5.54. The third-order valence-electron chi connectivity index (χ3n) is 5.34. The summed E-state index contributed by atoms with van der Waals surface area (Å²) in [6.45, 7) is 0.337. The van der Waals surface area contributed by atoms with Gasteiger partial charge in [0.2, 0.25) is 0 Å². The third kappa shape index (κ3) is 5.71. The second kappa shape index (κ2) is 10.0. The van der Waals surface area contributed by atoms with Crippen LogP contribution in [0.5, 0.6) is 0 Å². The van der Waals surface area contributed by atoms with Crippen LogP contribution in [0.1, 0.15) is 22.6 Å². The average molecular weight is 538 g/mol. The Balaban J connectivity index is 1.70. The summed E-state index contributed by atoms with van der Waals surface area (Å²) in [4.78, 5) is -0.335. The maximum atomic E-state index is 12.9. The lowest BCUT2D eigenvalue weighted by atomic mass is 9.91. The Hall–Kier alpha value is -2.82. The second-order valence-electron chi connectivity index (χ2n) is 7.61. The number of nitrogens with zero attached hydrogens (tertiary/aromatic N) is 3. The smallest absolute Gasteiger partial charge is 0.240 e. The topological polar surface area (TPSA) is 62.1 Å². The van der Waals surface area contributed by atoms with Crippen LogP contribution < -0.4 is 0 Å². The van der Waals surface area contributed by atoms with Crippen molar-refractivity contribution in [1.82, 2.24) is 5.01 Å². The lowest BCUT2D eigenvalue weighted by Gasteiger charge is -2.17. The number of rotatable bonds is 4. The number of halogens is 4. The molecule has 1 heterocycles. The Morgan fingerprint density at radius 2 is 1.66 bits per heavy atom. The summed E-state index contributed by atoms with van der Waals surface area (Å²) in [5, 5.41) is 6.88. The number of sulfonamides is 1. The zero-order chi connectivity index (χ0) is 25.2. The summed E-state index contributed by atoms with van der Waals surface area (Å²) in [5.41, 5.74) is 1.61. The standard InChI is InChI=1S/C24H19ClF3N3O2S2/c1-34-23(30-35(32,33)20-13-9-18(10-14-20)24(26,27)28)31-15-21(16-5-3-2-4-6-16)22(29-31)17-7-11-19(25)12-8-17/h2-14,21H,15H2,1H3/b30-23-. The molecule has 1 unspecified atom stereocenters. The minimum absolute atomic E-state index is 0.106. The molecule has 11 heteroatoms. The maximum Gasteiger partial charge on any atom is 0.416 e. The number of benzene rings is 3. The molecule has 1 aliphatic heterocycles. The molecule has 0 fully saturated rings. The van der Waals surface area contributed by atoms with Gasteiger partial charge in [0.15, 0.2) is 5.17 Å². The molecule has 0 aliphatic carbocycles. The van der Waals surface area contributed by atoms with E-state index >= 15 is 0 Å². The van der Waals surface area contributed by atoms with E-state index in [2.05, 4.69) is 9.50 Å². The number of amidine groups is 1. The van der Waals surface area contributed by atoms with E-state index in [1.54, 1.807) is 18.4 Å². The Kier molecular flexibility index (Phi) is 7.25. The highest BCUT2D eigenvalue weighted by Gasteiger charge is 2.33. The van der Waals surface area contributed by atoms with Crippen LogP contribution in [0.3, 0.4) is 0 Å². The van der Waals surface area contributed by atoms with Gasteiger partial charge in [-0.15, -0.1) is 4.40 Å². The quantitative estimate of drug-likeness (QED) is 0.291. The Morgan fingerprint density at radius 1 is 1.03 bits per heavy atom. The molecule has 0 aromatic heterocycles. The Labute approximate surface area is 210 Å². The molecule has 0 N–H and O–H groups in total. The van der Waals surface area contributed by atoms with Crippen molar-refractivity contribution in [2.75, 3.05) is 12.8 Å². The summed E-state index contributed by atoms with van der Waals surface area (Å²) >= 11 is 7.12. The van der Waals surface area contributed by atoms with Crippen LogP contribution in [0, 0.1) is 0 Å². The predicted molar refractivity (Wildman–Crippen MR) is 133 cm³/mol. The van der Waals surface area contributed by atoms with Crippen LogP contribution in [0.25, 0.3) is 0 Å². The minimum atomic E-state index is -4.56. The van der Waals surface area contributed by atoms with E-state index in [0.29, 0.717) is 11.6 Å². The maximum absolute atomic E-state index is 12.9. The molecule has 0 bridgehead atoms. The molecule has 3 aromatic carbocycles. The molecule has 0 amide bonds. The highest BCUT2D eigenvalue weighted by atomic mass is 35.5. The molecular formula is C24H19ClF3N3O2S2. The van der Waals surface area contributed by atoms with Crippen molar-refractivity contribution in [3.63, 3.8) is 0 Å². The van der Waals surface area contributed by atoms with E-state index in [-0.39, 0.29) is 16.0 Å². The minimum Gasteiger partial charge on any atom is -0.240 e. The van der Waals surface area contributed by atoms with Crippen LogP contribution >= 0.6 is 23.4 Å². The van der Waals surface area contributed by atoms with Gasteiger partial charge in [0.05, 0.1) is 22.7 Å². The molecule has 0 saturated carbocycles. The first kappa shape index (κ1) is 25.3. The molecule has 182 valence electrons. The first-order chi connectivity index (χ1) is 16.6. The normalized spacial score (nSPS) is 16.9. The van der Waals surface area contributed by atoms with Gasteiger partial charge in [-0.2, -0.15) is 26.7 Å². The number of hydrazone groups is 1. The highest BCUT2D eigenvalue weighted by molar-refractivity contribution is 8.13. The van der Waals surface area contributed by atoms with Gasteiger partial charge in [-0.05, 0) is 53.8 Å². The molecule has 4 rings (SSSR count). The largest absolute Gasteiger partial charge is 0.416 e. The average Bonchev–Trinajstić information content (AvgIpc) is 3.28. The number of alkyl halides is 3. The summed E-state index contributed by atoms with van der Waals surface area (Å²) < 4.78 is 68.2. The van der Waals surface area contributed by atoms with Gasteiger partial charge in [0, 0.05) is 10.9 Å². The van der Waals surface area contributed by atoms with E-state index < -0.39 is 21.8 Å². The Morgan fingerprint density at radius 3 is 2.23 bits per heavy atom. The van der Waals surface area contributed by atoms with Crippen LogP contribution in [0.2, 0.25) is 5.02 Å². The van der Waals surface area contributed by atoms with Crippen molar-refractivity contribution in [1.29, 1.82) is 0 Å². The SMILES string of the molecule is CS/C(=N\S(=O)(=O)c1ccc(C(F)(F)F)cc1)N1CC(c2ccccc2)C(c2ccc(Cl)cc2)=N1. The van der Waals surface area contributed by atoms with E-state index in [0.717, 1.165) is 52.9 Å². The van der Waals surface area contributed by atoms with Crippen LogP contribution in [-0.2, 0) is 16.2 Å². The molecule has 35 heavy (non-hydrogen) atoms. The summed E-state index contributed by atoms with van der Waals surface area (Å²) in [7, 11) is -4.27. The summed E-state index contributed by atoms with van der Waals surface area (Å²) in [6.07, 6.45) is -2.90. The lowest BCUT2D eigenvalue weighted by Crippen LogP contribution is -2.24. The van der Waals surface area contributed by atoms with Gasteiger partial charge in [-0.1, -0.05) is 65.8 Å². The Bertz CT molecular complexity index is 1360.